The van der Waals surface area contributed by atoms with Gasteiger partial charge in [-0.25, -0.2) is 0 Å². The van der Waals surface area contributed by atoms with Crippen LogP contribution in [0.15, 0.2) is 58.8 Å². The lowest BCUT2D eigenvalue weighted by molar-refractivity contribution is -0.0165. The standard InChI is InChI=1S/C29H26BrNO5/c1-18-10-24-23(14-31(16-34-24)9-5-8-19-6-3-2-4-7-19)29-26(18)27(32)25(36-29)13-20-11-22(30)12-21-15-33-17-35-28(20)21/h2-4,6-7,10-13H,5,8-9,14-17H2,1H3/b25-13-. The van der Waals surface area contributed by atoms with Crippen LogP contribution in [-0.2, 0) is 24.3 Å². The molecule has 0 saturated carbocycles. The first-order chi connectivity index (χ1) is 17.6. The van der Waals surface area contributed by atoms with E-state index < -0.39 is 0 Å². The van der Waals surface area contributed by atoms with Gasteiger partial charge in [0.25, 0.3) is 0 Å². The molecule has 0 fully saturated rings. The quantitative estimate of drug-likeness (QED) is 0.364. The van der Waals surface area contributed by atoms with Gasteiger partial charge in [0.15, 0.2) is 12.6 Å². The Kier molecular flexibility index (Phi) is 6.29. The zero-order valence-corrected chi connectivity index (χ0v) is 21.6. The Morgan fingerprint density at radius 3 is 2.81 bits per heavy atom. The monoisotopic (exact) mass is 547 g/mol. The molecule has 6 nitrogen and oxygen atoms in total. The number of fused-ring (bicyclic) bond motifs is 4. The van der Waals surface area contributed by atoms with Crippen molar-refractivity contribution in [1.82, 2.24) is 4.90 Å². The zero-order chi connectivity index (χ0) is 24.6. The molecule has 0 saturated heterocycles. The summed E-state index contributed by atoms with van der Waals surface area (Å²) >= 11 is 3.55. The van der Waals surface area contributed by atoms with Crippen molar-refractivity contribution in [2.75, 3.05) is 20.1 Å². The normalized spacial score (nSPS) is 17.6. The van der Waals surface area contributed by atoms with Gasteiger partial charge in [-0.15, -0.1) is 0 Å². The van der Waals surface area contributed by atoms with Crippen molar-refractivity contribution in [1.29, 1.82) is 0 Å². The number of hydrogen-bond donors (Lipinski definition) is 0. The number of Topliss-reactive ketones (excluding diaryl/α,β-unsaturated/α-hetero) is 1. The molecule has 0 aliphatic carbocycles. The molecule has 3 aliphatic heterocycles. The maximum absolute atomic E-state index is 13.4. The Balaban J connectivity index is 1.25. The summed E-state index contributed by atoms with van der Waals surface area (Å²) in [4.78, 5) is 15.7. The predicted molar refractivity (Wildman–Crippen MR) is 139 cm³/mol. The predicted octanol–water partition coefficient (Wildman–Crippen LogP) is 6.02. The van der Waals surface area contributed by atoms with E-state index in [-0.39, 0.29) is 18.3 Å². The third-order valence-corrected chi connectivity index (χ3v) is 7.22. The first-order valence-corrected chi connectivity index (χ1v) is 12.9. The van der Waals surface area contributed by atoms with E-state index in [9.17, 15) is 4.79 Å². The van der Waals surface area contributed by atoms with E-state index >= 15 is 0 Å². The van der Waals surface area contributed by atoms with Crippen LogP contribution in [0.1, 0.15) is 44.6 Å². The SMILES string of the molecule is Cc1cc2c(c3c1C(=O)/C(=C/c1cc(Br)cc4c1OCOC4)O3)CN(CCCc1ccccc1)CO2. The second kappa shape index (κ2) is 9.73. The number of aryl methyl sites for hydroxylation is 2. The first-order valence-electron chi connectivity index (χ1n) is 12.1. The van der Waals surface area contributed by atoms with Crippen LogP contribution < -0.4 is 14.2 Å². The van der Waals surface area contributed by atoms with E-state index in [0.717, 1.165) is 57.6 Å². The summed E-state index contributed by atoms with van der Waals surface area (Å²) in [5.74, 6) is 2.29. The topological polar surface area (TPSA) is 57.2 Å². The highest BCUT2D eigenvalue weighted by atomic mass is 79.9. The molecular formula is C29H26BrNO5. The van der Waals surface area contributed by atoms with Gasteiger partial charge in [-0.3, -0.25) is 9.69 Å². The van der Waals surface area contributed by atoms with Crippen molar-refractivity contribution in [3.8, 4) is 17.2 Å². The summed E-state index contributed by atoms with van der Waals surface area (Å²) in [5.41, 5.74) is 5.45. The van der Waals surface area contributed by atoms with Crippen molar-refractivity contribution >= 4 is 27.8 Å². The lowest BCUT2D eigenvalue weighted by Crippen LogP contribution is -2.33. The van der Waals surface area contributed by atoms with E-state index in [1.54, 1.807) is 6.08 Å². The average Bonchev–Trinajstić information content (AvgIpc) is 3.21. The Morgan fingerprint density at radius 1 is 1.08 bits per heavy atom. The van der Waals surface area contributed by atoms with E-state index in [1.807, 2.05) is 31.2 Å². The molecule has 184 valence electrons. The van der Waals surface area contributed by atoms with Crippen molar-refractivity contribution in [2.45, 2.75) is 32.9 Å². The number of ketones is 1. The van der Waals surface area contributed by atoms with Crippen LogP contribution in [-0.4, -0.2) is 30.8 Å². The van der Waals surface area contributed by atoms with E-state index in [2.05, 4.69) is 45.1 Å². The molecule has 7 heteroatoms. The fraction of sp³-hybridized carbons (Fsp3) is 0.276. The summed E-state index contributed by atoms with van der Waals surface area (Å²) in [6.07, 6.45) is 3.81. The fourth-order valence-corrected chi connectivity index (χ4v) is 5.55. The van der Waals surface area contributed by atoms with Gasteiger partial charge in [0.2, 0.25) is 5.78 Å². The fourth-order valence-electron chi connectivity index (χ4n) is 5.03. The van der Waals surface area contributed by atoms with Crippen molar-refractivity contribution in [2.24, 2.45) is 0 Å². The Hall–Kier alpha value is -3.13. The third kappa shape index (κ3) is 4.43. The van der Waals surface area contributed by atoms with Crippen LogP contribution in [0.2, 0.25) is 0 Å². The van der Waals surface area contributed by atoms with Gasteiger partial charge < -0.3 is 18.9 Å². The van der Waals surface area contributed by atoms with Crippen LogP contribution in [0.4, 0.5) is 0 Å². The second-order valence-electron chi connectivity index (χ2n) is 9.32. The van der Waals surface area contributed by atoms with Crippen molar-refractivity contribution in [3.05, 3.63) is 92.1 Å². The minimum atomic E-state index is -0.118. The number of carbonyl (C=O) groups is 1. The molecule has 3 aromatic carbocycles. The smallest absolute Gasteiger partial charge is 0.232 e. The summed E-state index contributed by atoms with van der Waals surface area (Å²) in [7, 11) is 0. The minimum absolute atomic E-state index is 0.118. The van der Waals surface area contributed by atoms with Crippen molar-refractivity contribution < 1.29 is 23.7 Å². The second-order valence-corrected chi connectivity index (χ2v) is 10.2. The summed E-state index contributed by atoms with van der Waals surface area (Å²) in [6.45, 7) is 4.69. The Morgan fingerprint density at radius 2 is 1.94 bits per heavy atom. The molecule has 0 aromatic heterocycles. The van der Waals surface area contributed by atoms with Gasteiger partial charge in [0.05, 0.1) is 17.7 Å². The first kappa shape index (κ1) is 23.3. The van der Waals surface area contributed by atoms with Gasteiger partial charge in [0.1, 0.15) is 24.0 Å². The summed E-state index contributed by atoms with van der Waals surface area (Å²) < 4.78 is 24.4. The molecule has 0 unspecified atom stereocenters. The molecule has 0 bridgehead atoms. The maximum Gasteiger partial charge on any atom is 0.232 e. The number of carbonyl (C=O) groups excluding carboxylic acids is 1. The van der Waals surface area contributed by atoms with Crippen LogP contribution in [0.5, 0.6) is 17.2 Å². The van der Waals surface area contributed by atoms with Crippen LogP contribution in [0.25, 0.3) is 6.08 Å². The molecule has 3 heterocycles. The number of halogens is 1. The number of nitrogens with zero attached hydrogens (tertiary/aromatic N) is 1. The molecule has 3 aliphatic rings. The largest absolute Gasteiger partial charge is 0.478 e. The molecule has 3 aromatic rings. The van der Waals surface area contributed by atoms with Crippen LogP contribution >= 0.6 is 15.9 Å². The van der Waals surface area contributed by atoms with Gasteiger partial charge in [-0.2, -0.15) is 0 Å². The molecule has 0 spiro atoms. The Bertz CT molecular complexity index is 1370. The van der Waals surface area contributed by atoms with E-state index in [4.69, 9.17) is 18.9 Å². The number of hydrogen-bond acceptors (Lipinski definition) is 6. The molecule has 0 radical (unpaired) electrons. The average molecular weight is 548 g/mol. The summed E-state index contributed by atoms with van der Waals surface area (Å²) in [6, 6.07) is 16.4. The zero-order valence-electron chi connectivity index (χ0n) is 20.0. The maximum atomic E-state index is 13.4. The molecule has 0 atom stereocenters. The molecule has 6 rings (SSSR count). The van der Waals surface area contributed by atoms with Gasteiger partial charge in [-0.1, -0.05) is 46.3 Å². The minimum Gasteiger partial charge on any atom is -0.478 e. The highest BCUT2D eigenvalue weighted by molar-refractivity contribution is 9.10. The van der Waals surface area contributed by atoms with Crippen molar-refractivity contribution in [3.63, 3.8) is 0 Å². The van der Waals surface area contributed by atoms with Gasteiger partial charge in [0, 0.05) is 28.7 Å². The van der Waals surface area contributed by atoms with Crippen LogP contribution in [0.3, 0.4) is 0 Å². The highest BCUT2D eigenvalue weighted by Crippen LogP contribution is 2.44. The number of rotatable bonds is 5. The highest BCUT2D eigenvalue weighted by Gasteiger charge is 2.35. The lowest BCUT2D eigenvalue weighted by Gasteiger charge is -2.30. The summed E-state index contributed by atoms with van der Waals surface area (Å²) in [5, 5.41) is 0. The van der Waals surface area contributed by atoms with Crippen LogP contribution in [0, 0.1) is 6.92 Å². The van der Waals surface area contributed by atoms with E-state index in [1.165, 1.54) is 5.56 Å². The number of benzene rings is 3. The Labute approximate surface area is 218 Å². The molecule has 0 amide bonds. The van der Waals surface area contributed by atoms with Gasteiger partial charge >= 0.3 is 0 Å². The third-order valence-electron chi connectivity index (χ3n) is 6.76. The van der Waals surface area contributed by atoms with Gasteiger partial charge in [-0.05, 0) is 55.2 Å². The molecule has 36 heavy (non-hydrogen) atoms. The number of ether oxygens (including phenoxy) is 4. The van der Waals surface area contributed by atoms with E-state index in [0.29, 0.717) is 31.2 Å². The lowest BCUT2D eigenvalue weighted by atomic mass is 9.98. The molecular weight excluding hydrogens is 522 g/mol. The number of allylic oxidation sites excluding steroid dienone is 1. The molecule has 0 N–H and O–H groups in total.